The maximum absolute atomic E-state index is 12.2. The van der Waals surface area contributed by atoms with E-state index in [0.29, 0.717) is 12.1 Å². The zero-order valence-electron chi connectivity index (χ0n) is 10.1. The van der Waals surface area contributed by atoms with E-state index in [1.54, 1.807) is 23.2 Å². The van der Waals surface area contributed by atoms with Crippen molar-refractivity contribution in [3.05, 3.63) is 29.0 Å². The summed E-state index contributed by atoms with van der Waals surface area (Å²) in [6, 6.07) is 3.42. The molecular weight excluding hydrogens is 224 g/mol. The van der Waals surface area contributed by atoms with E-state index in [0.717, 1.165) is 0 Å². The van der Waals surface area contributed by atoms with E-state index in [2.05, 4.69) is 4.98 Å². The largest absolute Gasteiger partial charge is 0.334 e. The van der Waals surface area contributed by atoms with Crippen LogP contribution in [0.5, 0.6) is 0 Å². The normalized spacial score (nSPS) is 11.3. The lowest BCUT2D eigenvalue weighted by molar-refractivity contribution is 0.0598. The molecule has 0 radical (unpaired) electrons. The Labute approximate surface area is 101 Å². The van der Waals surface area contributed by atoms with E-state index in [1.807, 2.05) is 27.7 Å². The average Bonchev–Trinajstić information content (AvgIpc) is 2.17. The van der Waals surface area contributed by atoms with Gasteiger partial charge < -0.3 is 4.90 Å². The van der Waals surface area contributed by atoms with Crippen LogP contribution in [0.15, 0.2) is 18.3 Å². The minimum absolute atomic E-state index is 0.0758. The van der Waals surface area contributed by atoms with Crippen LogP contribution in [0.25, 0.3) is 0 Å². The first-order chi connectivity index (χ1) is 7.38. The second-order valence-electron chi connectivity index (χ2n) is 4.56. The summed E-state index contributed by atoms with van der Waals surface area (Å²) in [6.07, 6.45) is 1.58. The standard InChI is InChI=1S/C12H17ClN2O/c1-5-15(12(2,3)4)11(16)9-7-6-8-14-10(9)13/h6-8H,5H2,1-4H3. The van der Waals surface area contributed by atoms with Gasteiger partial charge in [0.05, 0.1) is 5.56 Å². The molecule has 0 bridgehead atoms. The Balaban J connectivity index is 3.06. The molecule has 0 unspecified atom stereocenters. The third-order valence-corrected chi connectivity index (χ3v) is 2.66. The van der Waals surface area contributed by atoms with Gasteiger partial charge >= 0.3 is 0 Å². The lowest BCUT2D eigenvalue weighted by Crippen LogP contribution is -2.45. The van der Waals surface area contributed by atoms with Crippen LogP contribution in [0.1, 0.15) is 38.1 Å². The molecule has 88 valence electrons. The van der Waals surface area contributed by atoms with Crippen LogP contribution in [0.2, 0.25) is 5.15 Å². The fourth-order valence-corrected chi connectivity index (χ4v) is 1.81. The van der Waals surface area contributed by atoms with E-state index in [1.165, 1.54) is 0 Å². The van der Waals surface area contributed by atoms with Crippen molar-refractivity contribution in [2.75, 3.05) is 6.54 Å². The maximum Gasteiger partial charge on any atom is 0.257 e. The summed E-state index contributed by atoms with van der Waals surface area (Å²) in [6.45, 7) is 8.59. The van der Waals surface area contributed by atoms with Crippen LogP contribution >= 0.6 is 11.6 Å². The molecule has 3 nitrogen and oxygen atoms in total. The Kier molecular flexibility index (Phi) is 3.92. The van der Waals surface area contributed by atoms with Crippen molar-refractivity contribution in [1.82, 2.24) is 9.88 Å². The molecular formula is C12H17ClN2O. The smallest absolute Gasteiger partial charge is 0.257 e. The third-order valence-electron chi connectivity index (χ3n) is 2.36. The van der Waals surface area contributed by atoms with Gasteiger partial charge in [-0.05, 0) is 39.8 Å². The number of hydrogen-bond acceptors (Lipinski definition) is 2. The Morgan fingerprint density at radius 2 is 2.12 bits per heavy atom. The third kappa shape index (κ3) is 2.73. The molecule has 0 aromatic carbocycles. The van der Waals surface area contributed by atoms with Gasteiger partial charge in [-0.15, -0.1) is 0 Å². The summed E-state index contributed by atoms with van der Waals surface area (Å²) in [5, 5.41) is 0.259. The molecule has 16 heavy (non-hydrogen) atoms. The van der Waals surface area contributed by atoms with Crippen molar-refractivity contribution >= 4 is 17.5 Å². The Bertz CT molecular complexity index is 385. The molecule has 0 fully saturated rings. The summed E-state index contributed by atoms with van der Waals surface area (Å²) < 4.78 is 0. The number of hydrogen-bond donors (Lipinski definition) is 0. The fraction of sp³-hybridized carbons (Fsp3) is 0.500. The summed E-state index contributed by atoms with van der Waals surface area (Å²) in [5.41, 5.74) is 0.242. The molecule has 0 aliphatic carbocycles. The van der Waals surface area contributed by atoms with Crippen LogP contribution in [0.3, 0.4) is 0 Å². The summed E-state index contributed by atoms with van der Waals surface area (Å²) in [5.74, 6) is -0.0758. The molecule has 0 atom stereocenters. The van der Waals surface area contributed by atoms with Gasteiger partial charge in [0.1, 0.15) is 5.15 Å². The second kappa shape index (κ2) is 4.83. The first kappa shape index (κ1) is 13.0. The maximum atomic E-state index is 12.2. The molecule has 4 heteroatoms. The molecule has 1 rings (SSSR count). The molecule has 0 aliphatic heterocycles. The van der Waals surface area contributed by atoms with Crippen molar-refractivity contribution < 1.29 is 4.79 Å². The van der Waals surface area contributed by atoms with Gasteiger partial charge in [-0.3, -0.25) is 4.79 Å². The van der Waals surface area contributed by atoms with E-state index >= 15 is 0 Å². The van der Waals surface area contributed by atoms with Crippen molar-refractivity contribution in [2.45, 2.75) is 33.2 Å². The lowest BCUT2D eigenvalue weighted by Gasteiger charge is -2.34. The zero-order chi connectivity index (χ0) is 12.3. The highest BCUT2D eigenvalue weighted by atomic mass is 35.5. The van der Waals surface area contributed by atoms with Crippen LogP contribution < -0.4 is 0 Å². The fourth-order valence-electron chi connectivity index (χ4n) is 1.61. The molecule has 1 amide bonds. The molecule has 1 heterocycles. The monoisotopic (exact) mass is 240 g/mol. The highest BCUT2D eigenvalue weighted by molar-refractivity contribution is 6.32. The van der Waals surface area contributed by atoms with Gasteiger partial charge in [0.15, 0.2) is 0 Å². The van der Waals surface area contributed by atoms with Gasteiger partial charge in [-0.1, -0.05) is 11.6 Å². The summed E-state index contributed by atoms with van der Waals surface area (Å²) >= 11 is 5.91. The molecule has 0 N–H and O–H groups in total. The first-order valence-electron chi connectivity index (χ1n) is 5.30. The van der Waals surface area contributed by atoms with Crippen molar-refractivity contribution in [3.8, 4) is 0 Å². The van der Waals surface area contributed by atoms with Gasteiger partial charge in [0, 0.05) is 18.3 Å². The Hall–Kier alpha value is -1.09. The molecule has 0 spiro atoms. The summed E-state index contributed by atoms with van der Waals surface area (Å²) in [4.78, 5) is 17.9. The number of pyridine rings is 1. The second-order valence-corrected chi connectivity index (χ2v) is 4.92. The zero-order valence-corrected chi connectivity index (χ0v) is 10.9. The minimum atomic E-state index is -0.217. The van der Waals surface area contributed by atoms with Gasteiger partial charge in [-0.2, -0.15) is 0 Å². The number of carbonyl (C=O) groups is 1. The van der Waals surface area contributed by atoms with Crippen LogP contribution in [0.4, 0.5) is 0 Å². The van der Waals surface area contributed by atoms with Crippen LogP contribution in [-0.4, -0.2) is 27.9 Å². The quantitative estimate of drug-likeness (QED) is 0.745. The molecule has 0 saturated carbocycles. The first-order valence-corrected chi connectivity index (χ1v) is 5.68. The van der Waals surface area contributed by atoms with Crippen LogP contribution in [-0.2, 0) is 0 Å². The van der Waals surface area contributed by atoms with Crippen molar-refractivity contribution in [1.29, 1.82) is 0 Å². The topological polar surface area (TPSA) is 33.2 Å². The highest BCUT2D eigenvalue weighted by Crippen LogP contribution is 2.20. The van der Waals surface area contributed by atoms with Gasteiger partial charge in [0.25, 0.3) is 5.91 Å². The lowest BCUT2D eigenvalue weighted by atomic mass is 10.0. The average molecular weight is 241 g/mol. The van der Waals surface area contributed by atoms with E-state index < -0.39 is 0 Å². The predicted molar refractivity (Wildman–Crippen MR) is 65.7 cm³/mol. The van der Waals surface area contributed by atoms with Gasteiger partial charge in [0.2, 0.25) is 0 Å². The molecule has 1 aromatic rings. The summed E-state index contributed by atoms with van der Waals surface area (Å²) in [7, 11) is 0. The molecule has 1 aromatic heterocycles. The Morgan fingerprint density at radius 1 is 1.50 bits per heavy atom. The number of nitrogens with zero attached hydrogens (tertiary/aromatic N) is 2. The molecule has 0 aliphatic rings. The minimum Gasteiger partial charge on any atom is -0.334 e. The van der Waals surface area contributed by atoms with Crippen molar-refractivity contribution in [2.24, 2.45) is 0 Å². The number of halogens is 1. The van der Waals surface area contributed by atoms with E-state index in [9.17, 15) is 4.79 Å². The van der Waals surface area contributed by atoms with Crippen molar-refractivity contribution in [3.63, 3.8) is 0 Å². The Morgan fingerprint density at radius 3 is 2.56 bits per heavy atom. The highest BCUT2D eigenvalue weighted by Gasteiger charge is 2.27. The van der Waals surface area contributed by atoms with Crippen LogP contribution in [0, 0.1) is 0 Å². The predicted octanol–water partition coefficient (Wildman–Crippen LogP) is 3.00. The SMILES string of the molecule is CCN(C(=O)c1cccnc1Cl)C(C)(C)C. The number of rotatable bonds is 2. The number of amides is 1. The molecule has 0 saturated heterocycles. The van der Waals surface area contributed by atoms with E-state index in [4.69, 9.17) is 11.6 Å². The number of aromatic nitrogens is 1. The van der Waals surface area contributed by atoms with Gasteiger partial charge in [-0.25, -0.2) is 4.98 Å². The number of carbonyl (C=O) groups excluding carboxylic acids is 1. The van der Waals surface area contributed by atoms with E-state index in [-0.39, 0.29) is 16.6 Å².